The summed E-state index contributed by atoms with van der Waals surface area (Å²) in [5.74, 6) is 1.66. The Morgan fingerprint density at radius 3 is 2.43 bits per heavy atom. The van der Waals surface area contributed by atoms with Gasteiger partial charge < -0.3 is 14.4 Å². The molecule has 0 unspecified atom stereocenters. The maximum Gasteiger partial charge on any atom is 0.145 e. The van der Waals surface area contributed by atoms with Crippen molar-refractivity contribution in [2.24, 2.45) is 0 Å². The average molecular weight is 195 g/mol. The Morgan fingerprint density at radius 2 is 1.93 bits per heavy atom. The molecule has 0 radical (unpaired) electrons. The summed E-state index contributed by atoms with van der Waals surface area (Å²) >= 11 is 0. The van der Waals surface area contributed by atoms with E-state index >= 15 is 0 Å². The second-order valence-corrected chi connectivity index (χ2v) is 3.05. The van der Waals surface area contributed by atoms with Gasteiger partial charge in [-0.05, 0) is 19.1 Å². The fourth-order valence-corrected chi connectivity index (χ4v) is 1.27. The van der Waals surface area contributed by atoms with Crippen molar-refractivity contribution < 1.29 is 9.47 Å². The van der Waals surface area contributed by atoms with Crippen molar-refractivity contribution in [1.82, 2.24) is 0 Å². The van der Waals surface area contributed by atoms with Crippen molar-refractivity contribution in [2.45, 2.75) is 6.92 Å². The molecular weight excluding hydrogens is 178 g/mol. The Labute approximate surface area is 85.2 Å². The Morgan fingerprint density at radius 1 is 1.21 bits per heavy atom. The van der Waals surface area contributed by atoms with Gasteiger partial charge in [-0.3, -0.25) is 0 Å². The minimum atomic E-state index is 0.815. The van der Waals surface area contributed by atoms with Gasteiger partial charge in [0.15, 0.2) is 0 Å². The van der Waals surface area contributed by atoms with Crippen molar-refractivity contribution in [3.8, 4) is 11.5 Å². The van der Waals surface area contributed by atoms with Gasteiger partial charge in [-0.15, -0.1) is 0 Å². The van der Waals surface area contributed by atoms with Crippen LogP contribution in [0.25, 0.3) is 0 Å². The molecule has 1 aromatic carbocycles. The molecule has 0 saturated heterocycles. The Kier molecular flexibility index (Phi) is 3.63. The molecule has 0 aromatic heterocycles. The highest BCUT2D eigenvalue weighted by molar-refractivity contribution is 5.60. The molecular formula is C11H17NO2. The predicted octanol–water partition coefficient (Wildman–Crippen LogP) is 2.16. The van der Waals surface area contributed by atoms with Gasteiger partial charge in [0, 0.05) is 19.7 Å². The minimum absolute atomic E-state index is 0.815. The van der Waals surface area contributed by atoms with E-state index in [1.54, 1.807) is 14.2 Å². The summed E-state index contributed by atoms with van der Waals surface area (Å²) in [4.78, 5) is 2.12. The van der Waals surface area contributed by atoms with Crippen LogP contribution in [0.1, 0.15) is 6.92 Å². The van der Waals surface area contributed by atoms with Crippen LogP contribution in [0.15, 0.2) is 18.2 Å². The molecule has 0 amide bonds. The van der Waals surface area contributed by atoms with Crippen LogP contribution in [-0.2, 0) is 0 Å². The van der Waals surface area contributed by atoms with Crippen molar-refractivity contribution >= 4 is 5.69 Å². The van der Waals surface area contributed by atoms with E-state index in [0.717, 1.165) is 23.7 Å². The number of rotatable bonds is 4. The van der Waals surface area contributed by atoms with Gasteiger partial charge in [0.25, 0.3) is 0 Å². The number of nitrogens with zero attached hydrogens (tertiary/aromatic N) is 1. The Bertz CT molecular complexity index is 299. The van der Waals surface area contributed by atoms with Crippen molar-refractivity contribution in [1.29, 1.82) is 0 Å². The van der Waals surface area contributed by atoms with Crippen LogP contribution in [0.2, 0.25) is 0 Å². The van der Waals surface area contributed by atoms with Crippen molar-refractivity contribution in [2.75, 3.05) is 32.7 Å². The largest absolute Gasteiger partial charge is 0.497 e. The van der Waals surface area contributed by atoms with Crippen LogP contribution >= 0.6 is 0 Å². The molecule has 0 fully saturated rings. The molecule has 0 aliphatic carbocycles. The molecule has 1 aromatic rings. The molecule has 0 atom stereocenters. The van der Waals surface area contributed by atoms with Gasteiger partial charge in [-0.1, -0.05) is 0 Å². The quantitative estimate of drug-likeness (QED) is 0.735. The lowest BCUT2D eigenvalue weighted by Crippen LogP contribution is -2.16. The zero-order chi connectivity index (χ0) is 10.6. The number of hydrogen-bond acceptors (Lipinski definition) is 3. The SMILES string of the molecule is CCN(C)c1ccc(OC)cc1OC. The van der Waals surface area contributed by atoms with E-state index in [1.165, 1.54) is 0 Å². The molecule has 0 heterocycles. The third-order valence-electron chi connectivity index (χ3n) is 2.27. The van der Waals surface area contributed by atoms with Gasteiger partial charge in [-0.25, -0.2) is 0 Å². The Balaban J connectivity index is 3.04. The normalized spacial score (nSPS) is 9.71. The van der Waals surface area contributed by atoms with E-state index in [2.05, 4.69) is 11.8 Å². The third kappa shape index (κ3) is 2.10. The lowest BCUT2D eigenvalue weighted by atomic mass is 10.2. The van der Waals surface area contributed by atoms with E-state index in [1.807, 2.05) is 25.2 Å². The predicted molar refractivity (Wildman–Crippen MR) is 58.5 cm³/mol. The maximum absolute atomic E-state index is 5.29. The first-order chi connectivity index (χ1) is 6.72. The van der Waals surface area contributed by atoms with E-state index in [-0.39, 0.29) is 0 Å². The number of ether oxygens (including phenoxy) is 2. The molecule has 0 aliphatic rings. The van der Waals surface area contributed by atoms with Crippen LogP contribution in [0, 0.1) is 0 Å². The highest BCUT2D eigenvalue weighted by Crippen LogP contribution is 2.31. The summed E-state index contributed by atoms with van der Waals surface area (Å²) in [5, 5.41) is 0. The van der Waals surface area contributed by atoms with Crippen molar-refractivity contribution in [3.63, 3.8) is 0 Å². The average Bonchev–Trinajstić information content (AvgIpc) is 2.27. The molecule has 0 saturated carbocycles. The molecule has 0 N–H and O–H groups in total. The fourth-order valence-electron chi connectivity index (χ4n) is 1.27. The second-order valence-electron chi connectivity index (χ2n) is 3.05. The minimum Gasteiger partial charge on any atom is -0.497 e. The van der Waals surface area contributed by atoms with Crippen molar-refractivity contribution in [3.05, 3.63) is 18.2 Å². The van der Waals surface area contributed by atoms with Crippen LogP contribution in [0.5, 0.6) is 11.5 Å². The molecule has 14 heavy (non-hydrogen) atoms. The first-order valence-corrected chi connectivity index (χ1v) is 4.66. The van der Waals surface area contributed by atoms with E-state index in [0.29, 0.717) is 0 Å². The smallest absolute Gasteiger partial charge is 0.145 e. The molecule has 3 heteroatoms. The number of methoxy groups -OCH3 is 2. The van der Waals surface area contributed by atoms with Crippen LogP contribution < -0.4 is 14.4 Å². The lowest BCUT2D eigenvalue weighted by molar-refractivity contribution is 0.394. The molecule has 1 rings (SSSR count). The topological polar surface area (TPSA) is 21.7 Å². The third-order valence-corrected chi connectivity index (χ3v) is 2.27. The maximum atomic E-state index is 5.29. The first-order valence-electron chi connectivity index (χ1n) is 4.66. The second kappa shape index (κ2) is 4.74. The summed E-state index contributed by atoms with van der Waals surface area (Å²) in [6.45, 7) is 3.05. The number of hydrogen-bond donors (Lipinski definition) is 0. The van der Waals surface area contributed by atoms with Gasteiger partial charge in [-0.2, -0.15) is 0 Å². The van der Waals surface area contributed by atoms with Crippen LogP contribution in [0.4, 0.5) is 5.69 Å². The standard InChI is InChI=1S/C11H17NO2/c1-5-12(2)10-7-6-9(13-3)8-11(10)14-4/h6-8H,5H2,1-4H3. The number of benzene rings is 1. The number of anilines is 1. The molecule has 0 bridgehead atoms. The van der Waals surface area contributed by atoms with E-state index < -0.39 is 0 Å². The zero-order valence-electron chi connectivity index (χ0n) is 9.20. The summed E-state index contributed by atoms with van der Waals surface area (Å²) in [6, 6.07) is 5.83. The van der Waals surface area contributed by atoms with Crippen LogP contribution in [-0.4, -0.2) is 27.8 Å². The van der Waals surface area contributed by atoms with E-state index in [9.17, 15) is 0 Å². The van der Waals surface area contributed by atoms with Gasteiger partial charge >= 0.3 is 0 Å². The fraction of sp³-hybridized carbons (Fsp3) is 0.455. The van der Waals surface area contributed by atoms with Crippen LogP contribution in [0.3, 0.4) is 0 Å². The molecule has 0 aliphatic heterocycles. The summed E-state index contributed by atoms with van der Waals surface area (Å²) in [5.41, 5.74) is 1.08. The summed E-state index contributed by atoms with van der Waals surface area (Å²) < 4.78 is 10.4. The van der Waals surface area contributed by atoms with E-state index in [4.69, 9.17) is 9.47 Å². The summed E-state index contributed by atoms with van der Waals surface area (Å²) in [7, 11) is 5.35. The molecule has 0 spiro atoms. The zero-order valence-corrected chi connectivity index (χ0v) is 9.20. The molecule has 78 valence electrons. The lowest BCUT2D eigenvalue weighted by Gasteiger charge is -2.20. The highest BCUT2D eigenvalue weighted by Gasteiger charge is 2.07. The Hall–Kier alpha value is -1.38. The van der Waals surface area contributed by atoms with Gasteiger partial charge in [0.2, 0.25) is 0 Å². The van der Waals surface area contributed by atoms with Gasteiger partial charge in [0.1, 0.15) is 11.5 Å². The monoisotopic (exact) mass is 195 g/mol. The van der Waals surface area contributed by atoms with Gasteiger partial charge in [0.05, 0.1) is 19.9 Å². The summed E-state index contributed by atoms with van der Waals surface area (Å²) in [6.07, 6.45) is 0. The highest BCUT2D eigenvalue weighted by atomic mass is 16.5. The molecule has 3 nitrogen and oxygen atoms in total. The first kappa shape index (κ1) is 10.7.